The molecule has 1 amide bonds. The zero-order valence-corrected chi connectivity index (χ0v) is 12.7. The number of amides is 1. The molecule has 0 atom stereocenters. The van der Waals surface area contributed by atoms with Gasteiger partial charge in [-0.3, -0.25) is 4.79 Å². The van der Waals surface area contributed by atoms with Gasteiger partial charge in [0.15, 0.2) is 0 Å². The van der Waals surface area contributed by atoms with Crippen molar-refractivity contribution in [2.75, 3.05) is 5.32 Å². The van der Waals surface area contributed by atoms with Gasteiger partial charge in [0, 0.05) is 5.56 Å². The zero-order chi connectivity index (χ0) is 14.0. The Labute approximate surface area is 121 Å². The van der Waals surface area contributed by atoms with E-state index >= 15 is 0 Å². The molecule has 0 aliphatic carbocycles. The maximum absolute atomic E-state index is 12.3. The molecule has 1 aromatic carbocycles. The minimum Gasteiger partial charge on any atom is -0.307 e. The van der Waals surface area contributed by atoms with Gasteiger partial charge in [0.1, 0.15) is 10.4 Å². The number of hydrogen-bond acceptors (Lipinski definition) is 2. The molecule has 98 valence electrons. The van der Waals surface area contributed by atoms with E-state index in [-0.39, 0.29) is 5.91 Å². The van der Waals surface area contributed by atoms with E-state index in [4.69, 9.17) is 0 Å². The first-order chi connectivity index (χ1) is 8.97. The molecule has 19 heavy (non-hydrogen) atoms. The van der Waals surface area contributed by atoms with Gasteiger partial charge in [0.05, 0.1) is 0 Å². The lowest BCUT2D eigenvalue weighted by atomic mass is 9.99. The van der Waals surface area contributed by atoms with Gasteiger partial charge in [-0.25, -0.2) is 4.98 Å². The molecule has 1 aromatic heterocycles. The van der Waals surface area contributed by atoms with Crippen LogP contribution in [0.3, 0.4) is 0 Å². The molecule has 4 heteroatoms. The van der Waals surface area contributed by atoms with Crippen LogP contribution in [0.4, 0.5) is 5.82 Å². The molecular formula is C15H15BrN2O. The molecule has 0 saturated carbocycles. The predicted octanol–water partition coefficient (Wildman–Crippen LogP) is 4.02. The van der Waals surface area contributed by atoms with E-state index in [1.54, 1.807) is 6.07 Å². The number of pyridine rings is 1. The van der Waals surface area contributed by atoms with Crippen molar-refractivity contribution in [1.82, 2.24) is 4.98 Å². The average Bonchev–Trinajstić information content (AvgIpc) is 2.27. The van der Waals surface area contributed by atoms with Crippen molar-refractivity contribution >= 4 is 27.7 Å². The quantitative estimate of drug-likeness (QED) is 0.850. The van der Waals surface area contributed by atoms with Crippen LogP contribution in [0.25, 0.3) is 0 Å². The van der Waals surface area contributed by atoms with E-state index in [2.05, 4.69) is 26.2 Å². The number of anilines is 1. The van der Waals surface area contributed by atoms with Crippen molar-refractivity contribution in [3.8, 4) is 0 Å². The van der Waals surface area contributed by atoms with Gasteiger partial charge >= 0.3 is 0 Å². The molecule has 0 fully saturated rings. The molecule has 0 spiro atoms. The summed E-state index contributed by atoms with van der Waals surface area (Å²) in [5, 5.41) is 2.82. The molecule has 2 aromatic rings. The van der Waals surface area contributed by atoms with Crippen LogP contribution in [0.15, 0.2) is 34.9 Å². The Balaban J connectivity index is 2.31. The van der Waals surface area contributed by atoms with Crippen molar-refractivity contribution < 1.29 is 4.79 Å². The predicted molar refractivity (Wildman–Crippen MR) is 80.5 cm³/mol. The molecular weight excluding hydrogens is 304 g/mol. The third-order valence-corrected chi connectivity index (χ3v) is 3.30. The minimum atomic E-state index is -0.124. The molecule has 0 aliphatic heterocycles. The lowest BCUT2D eigenvalue weighted by Gasteiger charge is -2.11. The fraction of sp³-hybridized carbons (Fsp3) is 0.200. The van der Waals surface area contributed by atoms with E-state index in [1.807, 2.05) is 45.0 Å². The van der Waals surface area contributed by atoms with Crippen molar-refractivity contribution in [1.29, 1.82) is 0 Å². The fourth-order valence-corrected chi connectivity index (χ4v) is 2.54. The largest absolute Gasteiger partial charge is 0.307 e. The maximum Gasteiger partial charge on any atom is 0.257 e. The van der Waals surface area contributed by atoms with E-state index in [0.29, 0.717) is 16.0 Å². The molecule has 0 aliphatic rings. The number of halogens is 1. The van der Waals surface area contributed by atoms with Crippen molar-refractivity contribution in [2.24, 2.45) is 0 Å². The Morgan fingerprint density at radius 1 is 1.16 bits per heavy atom. The van der Waals surface area contributed by atoms with E-state index in [0.717, 1.165) is 16.7 Å². The first kappa shape index (κ1) is 13.7. The van der Waals surface area contributed by atoms with Crippen LogP contribution in [0.5, 0.6) is 0 Å². The summed E-state index contributed by atoms with van der Waals surface area (Å²) in [6, 6.07) is 9.44. The summed E-state index contributed by atoms with van der Waals surface area (Å²) in [6.07, 6.45) is 0. The van der Waals surface area contributed by atoms with E-state index < -0.39 is 0 Å². The van der Waals surface area contributed by atoms with Crippen molar-refractivity contribution in [2.45, 2.75) is 20.8 Å². The molecule has 1 N–H and O–H groups in total. The second-order valence-corrected chi connectivity index (χ2v) is 5.39. The van der Waals surface area contributed by atoms with Crippen LogP contribution in [0.1, 0.15) is 27.0 Å². The highest BCUT2D eigenvalue weighted by Gasteiger charge is 2.13. The lowest BCUT2D eigenvalue weighted by molar-refractivity contribution is 0.102. The number of aromatic nitrogens is 1. The van der Waals surface area contributed by atoms with E-state index in [1.165, 1.54) is 0 Å². The maximum atomic E-state index is 12.3. The summed E-state index contributed by atoms with van der Waals surface area (Å²) >= 11 is 3.28. The number of aryl methyl sites for hydroxylation is 3. The highest BCUT2D eigenvalue weighted by Crippen LogP contribution is 2.18. The average molecular weight is 319 g/mol. The number of rotatable bonds is 2. The van der Waals surface area contributed by atoms with Crippen LogP contribution in [-0.4, -0.2) is 10.9 Å². The van der Waals surface area contributed by atoms with Gasteiger partial charge in [-0.2, -0.15) is 0 Å². The van der Waals surface area contributed by atoms with Crippen molar-refractivity contribution in [3.05, 3.63) is 57.2 Å². The Hall–Kier alpha value is -1.68. The lowest BCUT2D eigenvalue weighted by Crippen LogP contribution is -2.16. The van der Waals surface area contributed by atoms with Crippen LogP contribution in [0.2, 0.25) is 0 Å². The SMILES string of the molecule is Cc1cc(C)c(C(=O)Nc2cccc(Br)n2)c(C)c1. The Bertz CT molecular complexity index is 615. The molecule has 3 nitrogen and oxygen atoms in total. The highest BCUT2D eigenvalue weighted by molar-refractivity contribution is 9.10. The number of nitrogens with zero attached hydrogens (tertiary/aromatic N) is 1. The van der Waals surface area contributed by atoms with Crippen molar-refractivity contribution in [3.63, 3.8) is 0 Å². The number of carbonyl (C=O) groups excluding carboxylic acids is 1. The topological polar surface area (TPSA) is 42.0 Å². The molecule has 2 rings (SSSR count). The molecule has 1 heterocycles. The fourth-order valence-electron chi connectivity index (χ4n) is 2.19. The molecule has 0 saturated heterocycles. The van der Waals surface area contributed by atoms with Gasteiger partial charge < -0.3 is 5.32 Å². The summed E-state index contributed by atoms with van der Waals surface area (Å²) in [6.45, 7) is 5.92. The zero-order valence-electron chi connectivity index (χ0n) is 11.1. The summed E-state index contributed by atoms with van der Waals surface area (Å²) in [5.41, 5.74) is 3.83. The van der Waals surface area contributed by atoms with Gasteiger partial charge in [-0.15, -0.1) is 0 Å². The summed E-state index contributed by atoms with van der Waals surface area (Å²) in [4.78, 5) is 16.5. The van der Waals surface area contributed by atoms with Crippen LogP contribution >= 0.6 is 15.9 Å². The normalized spacial score (nSPS) is 10.3. The number of hydrogen-bond donors (Lipinski definition) is 1. The summed E-state index contributed by atoms with van der Waals surface area (Å²) in [7, 11) is 0. The van der Waals surface area contributed by atoms with Gasteiger partial charge in [-0.05, 0) is 60.0 Å². The highest BCUT2D eigenvalue weighted by atomic mass is 79.9. The summed E-state index contributed by atoms with van der Waals surface area (Å²) in [5.74, 6) is 0.416. The standard InChI is InChI=1S/C15H15BrN2O/c1-9-7-10(2)14(11(3)8-9)15(19)18-13-6-4-5-12(16)17-13/h4-8H,1-3H3,(H,17,18,19). The Morgan fingerprint density at radius 3 is 2.37 bits per heavy atom. The Morgan fingerprint density at radius 2 is 1.79 bits per heavy atom. The molecule has 0 radical (unpaired) electrons. The van der Waals surface area contributed by atoms with E-state index in [9.17, 15) is 4.79 Å². The monoisotopic (exact) mass is 318 g/mol. The Kier molecular flexibility index (Phi) is 4.00. The second-order valence-electron chi connectivity index (χ2n) is 4.57. The van der Waals surface area contributed by atoms with Crippen LogP contribution in [-0.2, 0) is 0 Å². The van der Waals surface area contributed by atoms with Gasteiger partial charge in [0.25, 0.3) is 5.91 Å². The molecule has 0 unspecified atom stereocenters. The number of carbonyl (C=O) groups is 1. The van der Waals surface area contributed by atoms with Gasteiger partial charge in [0.2, 0.25) is 0 Å². The van der Waals surface area contributed by atoms with Gasteiger partial charge in [-0.1, -0.05) is 23.8 Å². The smallest absolute Gasteiger partial charge is 0.257 e. The minimum absolute atomic E-state index is 0.124. The molecule has 0 bridgehead atoms. The van der Waals surface area contributed by atoms with Crippen LogP contribution in [0, 0.1) is 20.8 Å². The third-order valence-electron chi connectivity index (χ3n) is 2.86. The first-order valence-electron chi connectivity index (χ1n) is 5.99. The first-order valence-corrected chi connectivity index (χ1v) is 6.78. The summed E-state index contributed by atoms with van der Waals surface area (Å²) < 4.78 is 0.697. The number of nitrogens with one attached hydrogen (secondary N) is 1. The second kappa shape index (κ2) is 5.53. The van der Waals surface area contributed by atoms with Crippen LogP contribution < -0.4 is 5.32 Å². The third kappa shape index (κ3) is 3.20. The number of benzene rings is 1.